The smallest absolute Gasteiger partial charge is 0.230 e. The minimum absolute atomic E-state index is 0.0882. The van der Waals surface area contributed by atoms with Gasteiger partial charge < -0.3 is 9.64 Å². The minimum Gasteiger partial charge on any atom is -0.357 e. The van der Waals surface area contributed by atoms with Crippen LogP contribution in [0.2, 0.25) is 0 Å². The Hall–Kier alpha value is -0.480. The quantitative estimate of drug-likeness (QED) is 0.574. The van der Waals surface area contributed by atoms with Gasteiger partial charge in [0.2, 0.25) is 5.91 Å². The fourth-order valence-electron chi connectivity index (χ4n) is 3.49. The highest BCUT2D eigenvalue weighted by molar-refractivity contribution is 8.00. The largest absolute Gasteiger partial charge is 0.357 e. The predicted molar refractivity (Wildman–Crippen MR) is 57.4 cm³/mol. The number of carbonyl (C=O) groups is 1. The molecule has 4 rings (SSSR count). The normalized spacial score (nSPS) is 55.3. The molecule has 0 unspecified atom stereocenters. The zero-order valence-corrected chi connectivity index (χ0v) is 9.42. The van der Waals surface area contributed by atoms with Crippen molar-refractivity contribution in [2.24, 2.45) is 5.92 Å². The van der Waals surface area contributed by atoms with Gasteiger partial charge in [-0.25, -0.2) is 0 Å². The van der Waals surface area contributed by atoms with Crippen LogP contribution in [0.25, 0.3) is 0 Å². The van der Waals surface area contributed by atoms with Crippen molar-refractivity contribution >= 4 is 17.7 Å². The van der Waals surface area contributed by atoms with E-state index in [-0.39, 0.29) is 22.5 Å². The molecule has 0 aromatic carbocycles. The van der Waals surface area contributed by atoms with E-state index in [0.29, 0.717) is 5.91 Å². The van der Waals surface area contributed by atoms with Crippen LogP contribution in [0.4, 0.5) is 0 Å². The van der Waals surface area contributed by atoms with Gasteiger partial charge in [0.15, 0.2) is 0 Å². The maximum Gasteiger partial charge on any atom is 0.230 e. The summed E-state index contributed by atoms with van der Waals surface area (Å²) in [7, 11) is 0. The first-order valence-corrected chi connectivity index (χ1v) is 6.52. The summed E-state index contributed by atoms with van der Waals surface area (Å²) in [6.07, 6.45) is 5.18. The number of fused-ring (bicyclic) bond motifs is 2. The van der Waals surface area contributed by atoms with E-state index in [1.165, 1.54) is 0 Å². The molecule has 1 amide bonds. The molecule has 0 saturated carbocycles. The van der Waals surface area contributed by atoms with Crippen LogP contribution in [0.15, 0.2) is 12.2 Å². The summed E-state index contributed by atoms with van der Waals surface area (Å²) < 4.78 is 6.16. The van der Waals surface area contributed by atoms with E-state index in [1.807, 2.05) is 16.7 Å². The summed E-state index contributed by atoms with van der Waals surface area (Å²) in [5, 5.41) is 0.246. The van der Waals surface area contributed by atoms with Gasteiger partial charge >= 0.3 is 0 Å². The molecule has 0 radical (unpaired) electrons. The highest BCUT2D eigenvalue weighted by atomic mass is 32.2. The van der Waals surface area contributed by atoms with Gasteiger partial charge in [-0.05, 0) is 13.3 Å². The van der Waals surface area contributed by atoms with Gasteiger partial charge in [-0.2, -0.15) is 0 Å². The van der Waals surface area contributed by atoms with E-state index in [0.717, 1.165) is 18.7 Å². The van der Waals surface area contributed by atoms with E-state index >= 15 is 0 Å². The van der Waals surface area contributed by atoms with E-state index in [1.54, 1.807) is 0 Å². The molecule has 4 heterocycles. The van der Waals surface area contributed by atoms with Crippen molar-refractivity contribution in [3.8, 4) is 0 Å². The van der Waals surface area contributed by atoms with Crippen LogP contribution < -0.4 is 0 Å². The van der Waals surface area contributed by atoms with E-state index in [9.17, 15) is 4.79 Å². The minimum atomic E-state index is -0.285. The summed E-state index contributed by atoms with van der Waals surface area (Å²) in [5.74, 6) is 1.46. The Kier molecular flexibility index (Phi) is 1.31. The Balaban J connectivity index is 1.87. The van der Waals surface area contributed by atoms with Crippen LogP contribution in [0.5, 0.6) is 0 Å². The van der Waals surface area contributed by atoms with Crippen molar-refractivity contribution in [1.29, 1.82) is 0 Å². The molecule has 15 heavy (non-hydrogen) atoms. The SMILES string of the molecule is C[C@@]12C=C[C@]3(O1)[C@H](C2)C(=O)N1CCS[C@@H]13. The lowest BCUT2D eigenvalue weighted by atomic mass is 9.81. The van der Waals surface area contributed by atoms with Crippen molar-refractivity contribution in [3.05, 3.63) is 12.2 Å². The van der Waals surface area contributed by atoms with Crippen molar-refractivity contribution in [2.75, 3.05) is 12.3 Å². The molecule has 0 aliphatic carbocycles. The van der Waals surface area contributed by atoms with Gasteiger partial charge in [0.25, 0.3) is 0 Å². The van der Waals surface area contributed by atoms with Gasteiger partial charge in [-0.3, -0.25) is 4.79 Å². The van der Waals surface area contributed by atoms with Gasteiger partial charge in [0.05, 0.1) is 11.5 Å². The average molecular weight is 223 g/mol. The molecule has 3 nitrogen and oxygen atoms in total. The van der Waals surface area contributed by atoms with E-state index < -0.39 is 0 Å². The van der Waals surface area contributed by atoms with E-state index in [4.69, 9.17) is 4.74 Å². The zero-order valence-electron chi connectivity index (χ0n) is 8.60. The number of ether oxygens (including phenoxy) is 1. The van der Waals surface area contributed by atoms with Crippen LogP contribution in [-0.4, -0.2) is 39.7 Å². The second-order valence-electron chi connectivity index (χ2n) is 5.11. The highest BCUT2D eigenvalue weighted by Gasteiger charge is 2.69. The van der Waals surface area contributed by atoms with E-state index in [2.05, 4.69) is 19.1 Å². The number of thioether (sulfide) groups is 1. The fraction of sp³-hybridized carbons (Fsp3) is 0.727. The second kappa shape index (κ2) is 2.28. The summed E-state index contributed by atoms with van der Waals surface area (Å²) in [6.45, 7) is 2.99. The molecule has 3 fully saturated rings. The van der Waals surface area contributed by atoms with Crippen LogP contribution in [0, 0.1) is 5.92 Å². The third-order valence-electron chi connectivity index (χ3n) is 4.12. The molecule has 3 saturated heterocycles. The van der Waals surface area contributed by atoms with Crippen LogP contribution in [-0.2, 0) is 9.53 Å². The summed E-state index contributed by atoms with van der Waals surface area (Å²) in [5.41, 5.74) is -0.456. The topological polar surface area (TPSA) is 29.5 Å². The van der Waals surface area contributed by atoms with Crippen molar-refractivity contribution in [2.45, 2.75) is 29.9 Å². The predicted octanol–water partition coefficient (Wildman–Crippen LogP) is 1.01. The molecule has 0 aromatic heterocycles. The standard InChI is InChI=1S/C11H13NO2S/c1-10-2-3-11(14-10)7(6-10)8(13)12-4-5-15-9(11)12/h2-3,7,9H,4-6H2,1H3/t7-,9-,10+,11+/m1/s1. The first-order chi connectivity index (χ1) is 7.15. The summed E-state index contributed by atoms with van der Waals surface area (Å²) in [4.78, 5) is 14.2. The number of hydrogen-bond donors (Lipinski definition) is 0. The number of amides is 1. The molecule has 2 bridgehead atoms. The molecule has 4 heteroatoms. The Morgan fingerprint density at radius 3 is 3.27 bits per heavy atom. The average Bonchev–Trinajstić information content (AvgIpc) is 2.86. The highest BCUT2D eigenvalue weighted by Crippen LogP contribution is 2.59. The molecule has 4 aliphatic rings. The zero-order chi connectivity index (χ0) is 10.3. The first-order valence-electron chi connectivity index (χ1n) is 5.47. The number of hydrogen-bond acceptors (Lipinski definition) is 3. The third-order valence-corrected chi connectivity index (χ3v) is 5.48. The van der Waals surface area contributed by atoms with Gasteiger partial charge in [0, 0.05) is 12.3 Å². The summed E-state index contributed by atoms with van der Waals surface area (Å²) >= 11 is 1.87. The molecule has 0 aromatic rings. The monoisotopic (exact) mass is 223 g/mol. The first kappa shape index (κ1) is 8.65. The lowest BCUT2D eigenvalue weighted by molar-refractivity contribution is -0.131. The number of rotatable bonds is 0. The molecule has 4 atom stereocenters. The van der Waals surface area contributed by atoms with Crippen molar-refractivity contribution in [1.82, 2.24) is 4.90 Å². The summed E-state index contributed by atoms with van der Waals surface area (Å²) in [6, 6.07) is 0. The Bertz CT molecular complexity index is 396. The Morgan fingerprint density at radius 2 is 2.47 bits per heavy atom. The fourth-order valence-corrected chi connectivity index (χ4v) is 4.96. The second-order valence-corrected chi connectivity index (χ2v) is 6.30. The lowest BCUT2D eigenvalue weighted by Gasteiger charge is -2.28. The molecular formula is C11H13NO2S. The van der Waals surface area contributed by atoms with Gasteiger partial charge in [-0.1, -0.05) is 12.2 Å². The maximum atomic E-state index is 12.2. The van der Waals surface area contributed by atoms with Crippen molar-refractivity contribution < 1.29 is 9.53 Å². The van der Waals surface area contributed by atoms with Gasteiger partial charge in [0.1, 0.15) is 11.0 Å². The molecule has 1 spiro atoms. The molecular weight excluding hydrogens is 210 g/mol. The maximum absolute atomic E-state index is 12.2. The molecule has 80 valence electrons. The van der Waals surface area contributed by atoms with Crippen LogP contribution in [0.1, 0.15) is 13.3 Å². The van der Waals surface area contributed by atoms with Crippen LogP contribution >= 0.6 is 11.8 Å². The molecule has 0 N–H and O–H groups in total. The number of nitrogens with zero attached hydrogens (tertiary/aromatic N) is 1. The third kappa shape index (κ3) is 0.795. The Labute approximate surface area is 92.8 Å². The number of carbonyl (C=O) groups excluding carboxylic acids is 1. The molecule has 4 aliphatic heterocycles. The van der Waals surface area contributed by atoms with Gasteiger partial charge in [-0.15, -0.1) is 11.8 Å². The lowest BCUT2D eigenvalue weighted by Crippen LogP contribution is -2.39. The van der Waals surface area contributed by atoms with Crippen LogP contribution in [0.3, 0.4) is 0 Å². The Morgan fingerprint density at radius 1 is 1.60 bits per heavy atom. The van der Waals surface area contributed by atoms with Crippen molar-refractivity contribution in [3.63, 3.8) is 0 Å².